The lowest BCUT2D eigenvalue weighted by molar-refractivity contribution is 0.0697. The summed E-state index contributed by atoms with van der Waals surface area (Å²) in [6.07, 6.45) is 11.9. The van der Waals surface area contributed by atoms with Gasteiger partial charge >= 0.3 is 0 Å². The van der Waals surface area contributed by atoms with Gasteiger partial charge in [-0.3, -0.25) is 5.01 Å². The van der Waals surface area contributed by atoms with Crippen LogP contribution < -0.4 is 9.91 Å². The smallest absolute Gasteiger partial charge is 0.115 e. The van der Waals surface area contributed by atoms with Crippen molar-refractivity contribution in [2.45, 2.75) is 25.9 Å². The van der Waals surface area contributed by atoms with Crippen molar-refractivity contribution in [1.29, 1.82) is 0 Å². The first-order valence-electron chi connectivity index (χ1n) is 15.4. The van der Waals surface area contributed by atoms with E-state index >= 15 is 0 Å². The Morgan fingerprint density at radius 1 is 0.795 bits per heavy atom. The molecule has 0 amide bonds. The summed E-state index contributed by atoms with van der Waals surface area (Å²) < 4.78 is 6.10. The molecule has 0 saturated heterocycles. The average Bonchev–Trinajstić information content (AvgIpc) is 3.07. The number of benzene rings is 4. The van der Waals surface area contributed by atoms with Crippen LogP contribution in [-0.2, 0) is 4.74 Å². The monoisotopic (exact) mass is 581 g/mol. The topological polar surface area (TPSA) is 48.3 Å². The van der Waals surface area contributed by atoms with E-state index in [0.717, 1.165) is 46.9 Å². The normalized spacial score (nSPS) is 18.2. The first kappa shape index (κ1) is 29.2. The average molecular weight is 582 g/mol. The number of nitrogens with zero attached hydrogens (tertiary/aromatic N) is 3. The van der Waals surface area contributed by atoms with Gasteiger partial charge in [0, 0.05) is 23.5 Å². The Kier molecular flexibility index (Phi) is 9.34. The summed E-state index contributed by atoms with van der Waals surface area (Å²) in [5.74, 6) is 2.02. The SMILES string of the molecule is CC1C=CC2=CC=C(OCC(O)CN(N=Cc3ccc(N(c4ccccc4)c4ccccc4)cc3)c3ccccc3)CC2C1. The molecule has 5 heteroatoms. The van der Waals surface area contributed by atoms with Crippen molar-refractivity contribution in [1.82, 2.24) is 0 Å². The third-order valence-electron chi connectivity index (χ3n) is 8.08. The third-order valence-corrected chi connectivity index (χ3v) is 8.08. The maximum atomic E-state index is 11.0. The van der Waals surface area contributed by atoms with E-state index in [1.807, 2.05) is 59.8 Å². The molecule has 0 radical (unpaired) electrons. The lowest BCUT2D eigenvalue weighted by atomic mass is 9.79. The zero-order chi connectivity index (χ0) is 30.1. The van der Waals surface area contributed by atoms with E-state index < -0.39 is 6.10 Å². The van der Waals surface area contributed by atoms with Crippen LogP contribution in [0.15, 0.2) is 156 Å². The number of aliphatic hydroxyl groups is 1. The number of ether oxygens (including phenoxy) is 1. The quantitative estimate of drug-likeness (QED) is 0.142. The molecule has 2 aliphatic carbocycles. The number of hydrazone groups is 1. The van der Waals surface area contributed by atoms with E-state index in [2.05, 4.69) is 103 Å². The van der Waals surface area contributed by atoms with E-state index in [9.17, 15) is 5.11 Å². The van der Waals surface area contributed by atoms with Gasteiger partial charge in [0.2, 0.25) is 0 Å². The number of rotatable bonds is 11. The maximum Gasteiger partial charge on any atom is 0.115 e. The van der Waals surface area contributed by atoms with E-state index in [-0.39, 0.29) is 6.61 Å². The Balaban J connectivity index is 1.14. The number of allylic oxidation sites excluding steroid dienone is 6. The van der Waals surface area contributed by atoms with Crippen molar-refractivity contribution in [3.8, 4) is 0 Å². The van der Waals surface area contributed by atoms with Crippen LogP contribution in [0.2, 0.25) is 0 Å². The molecular weight excluding hydrogens is 542 g/mol. The van der Waals surface area contributed by atoms with Crippen LogP contribution in [0.1, 0.15) is 25.3 Å². The largest absolute Gasteiger partial charge is 0.495 e. The number of aliphatic hydroxyl groups excluding tert-OH is 1. The molecule has 222 valence electrons. The van der Waals surface area contributed by atoms with Gasteiger partial charge in [-0.15, -0.1) is 0 Å². The molecule has 0 fully saturated rings. The molecule has 0 saturated carbocycles. The fourth-order valence-corrected chi connectivity index (χ4v) is 5.80. The highest BCUT2D eigenvalue weighted by Crippen LogP contribution is 2.36. The summed E-state index contributed by atoms with van der Waals surface area (Å²) in [5.41, 5.74) is 6.50. The third kappa shape index (κ3) is 7.36. The summed E-state index contributed by atoms with van der Waals surface area (Å²) >= 11 is 0. The van der Waals surface area contributed by atoms with Crippen molar-refractivity contribution in [3.05, 3.63) is 156 Å². The molecule has 4 aromatic carbocycles. The Morgan fingerprint density at radius 2 is 1.39 bits per heavy atom. The van der Waals surface area contributed by atoms with Crippen LogP contribution in [0.4, 0.5) is 22.7 Å². The summed E-state index contributed by atoms with van der Waals surface area (Å²) in [6, 6.07) is 39.0. The second-order valence-electron chi connectivity index (χ2n) is 11.5. The lowest BCUT2D eigenvalue weighted by Crippen LogP contribution is -2.32. The van der Waals surface area contributed by atoms with E-state index in [1.54, 1.807) is 0 Å². The van der Waals surface area contributed by atoms with Crippen LogP contribution >= 0.6 is 0 Å². The molecule has 0 heterocycles. The van der Waals surface area contributed by atoms with Crippen LogP contribution in [-0.4, -0.2) is 30.6 Å². The predicted molar refractivity (Wildman–Crippen MR) is 182 cm³/mol. The highest BCUT2D eigenvalue weighted by atomic mass is 16.5. The molecule has 3 unspecified atom stereocenters. The molecule has 0 aliphatic heterocycles. The molecule has 4 aromatic rings. The fourth-order valence-electron chi connectivity index (χ4n) is 5.80. The molecule has 0 spiro atoms. The van der Waals surface area contributed by atoms with Crippen molar-refractivity contribution in [2.24, 2.45) is 16.9 Å². The van der Waals surface area contributed by atoms with Gasteiger partial charge in [-0.1, -0.05) is 91.9 Å². The maximum absolute atomic E-state index is 11.0. The Hall–Kier alpha value is -4.87. The van der Waals surface area contributed by atoms with Crippen molar-refractivity contribution < 1.29 is 9.84 Å². The van der Waals surface area contributed by atoms with Gasteiger partial charge in [0.15, 0.2) is 0 Å². The van der Waals surface area contributed by atoms with Crippen LogP contribution in [0.3, 0.4) is 0 Å². The lowest BCUT2D eigenvalue weighted by Gasteiger charge is -2.29. The van der Waals surface area contributed by atoms with Gasteiger partial charge in [-0.25, -0.2) is 0 Å². The van der Waals surface area contributed by atoms with Crippen molar-refractivity contribution in [3.63, 3.8) is 0 Å². The van der Waals surface area contributed by atoms with Gasteiger partial charge in [-0.2, -0.15) is 5.10 Å². The number of anilines is 4. The summed E-state index contributed by atoms with van der Waals surface area (Å²) in [5, 5.41) is 17.6. The van der Waals surface area contributed by atoms with Gasteiger partial charge < -0.3 is 14.7 Å². The Bertz CT molecular complexity index is 1570. The number of hydrogen-bond acceptors (Lipinski definition) is 5. The van der Waals surface area contributed by atoms with E-state index in [0.29, 0.717) is 18.4 Å². The van der Waals surface area contributed by atoms with Crippen molar-refractivity contribution in [2.75, 3.05) is 23.1 Å². The highest BCUT2D eigenvalue weighted by molar-refractivity contribution is 5.83. The molecule has 6 rings (SSSR count). The van der Waals surface area contributed by atoms with Gasteiger partial charge in [0.05, 0.1) is 24.2 Å². The first-order valence-corrected chi connectivity index (χ1v) is 15.4. The summed E-state index contributed by atoms with van der Waals surface area (Å²) in [7, 11) is 0. The van der Waals surface area contributed by atoms with E-state index in [1.165, 1.54) is 5.57 Å². The summed E-state index contributed by atoms with van der Waals surface area (Å²) in [4.78, 5) is 2.23. The van der Waals surface area contributed by atoms with Crippen LogP contribution in [0.5, 0.6) is 0 Å². The molecule has 0 bridgehead atoms. The zero-order valence-electron chi connectivity index (χ0n) is 25.1. The molecule has 3 atom stereocenters. The Labute approximate surface area is 260 Å². The number of para-hydroxylation sites is 3. The predicted octanol–water partition coefficient (Wildman–Crippen LogP) is 8.80. The second-order valence-corrected chi connectivity index (χ2v) is 11.5. The van der Waals surface area contributed by atoms with Crippen molar-refractivity contribution >= 4 is 29.0 Å². The first-order chi connectivity index (χ1) is 21.6. The number of hydrogen-bond donors (Lipinski definition) is 1. The molecule has 44 heavy (non-hydrogen) atoms. The molecule has 0 aromatic heterocycles. The molecular formula is C39H39N3O2. The second kappa shape index (κ2) is 14.1. The number of fused-ring (bicyclic) bond motifs is 1. The van der Waals surface area contributed by atoms with Crippen LogP contribution in [0, 0.1) is 11.8 Å². The van der Waals surface area contributed by atoms with Gasteiger partial charge in [-0.05, 0) is 84.0 Å². The summed E-state index contributed by atoms with van der Waals surface area (Å²) in [6.45, 7) is 2.79. The minimum atomic E-state index is -0.712. The standard InChI is InChI=1S/C39H39N3O2/c1-30-17-20-32-21-24-39(26-33(32)25-30)44-29-38(43)28-41(34-11-5-2-6-12-34)40-27-31-18-22-37(23-19-31)42(35-13-7-3-8-14-35)36-15-9-4-10-16-36/h2-24,27,30,33,38,43H,25-26,28-29H2,1H3. The van der Waals surface area contributed by atoms with E-state index in [4.69, 9.17) is 9.84 Å². The van der Waals surface area contributed by atoms with Gasteiger partial charge in [0.25, 0.3) is 0 Å². The minimum absolute atomic E-state index is 0.218. The Morgan fingerprint density at radius 3 is 2.02 bits per heavy atom. The fraction of sp³-hybridized carbons (Fsp3) is 0.205. The highest BCUT2D eigenvalue weighted by Gasteiger charge is 2.24. The molecule has 5 nitrogen and oxygen atoms in total. The van der Waals surface area contributed by atoms with Crippen LogP contribution in [0.25, 0.3) is 0 Å². The van der Waals surface area contributed by atoms with Gasteiger partial charge in [0.1, 0.15) is 12.7 Å². The minimum Gasteiger partial charge on any atom is -0.495 e. The molecule has 2 aliphatic rings. The molecule has 1 N–H and O–H groups in total. The zero-order valence-corrected chi connectivity index (χ0v) is 25.1.